The lowest BCUT2D eigenvalue weighted by molar-refractivity contribution is 0.00937. The van der Waals surface area contributed by atoms with Gasteiger partial charge in [0, 0.05) is 0 Å². The summed E-state index contributed by atoms with van der Waals surface area (Å²) in [5, 5.41) is 27.4. The lowest BCUT2D eigenvalue weighted by atomic mass is 10.0. The molecule has 0 fully saturated rings. The molecule has 28 heavy (non-hydrogen) atoms. The standard InChI is InChI=1S/C25H40O3/c26-22-25(28)24(27)21-17-12-10-8-6-4-2-1-3-5-7-9-11-14-18-23-19-15-13-16-20-23/h13-21,24-28H,1-12,22H2. The average Bonchev–Trinajstić information content (AvgIpc) is 2.73. The lowest BCUT2D eigenvalue weighted by Gasteiger charge is -2.10. The molecule has 1 aromatic rings. The van der Waals surface area contributed by atoms with Gasteiger partial charge in [0.25, 0.3) is 0 Å². The highest BCUT2D eigenvalue weighted by atomic mass is 16.4. The Balaban J connectivity index is 1.81. The van der Waals surface area contributed by atoms with Gasteiger partial charge in [0.1, 0.15) is 12.2 Å². The van der Waals surface area contributed by atoms with E-state index in [1.807, 2.05) is 6.08 Å². The number of rotatable bonds is 17. The first-order valence-corrected chi connectivity index (χ1v) is 11.1. The minimum absolute atomic E-state index is 0.406. The topological polar surface area (TPSA) is 60.7 Å². The van der Waals surface area contributed by atoms with Gasteiger partial charge < -0.3 is 15.3 Å². The molecule has 158 valence electrons. The Morgan fingerprint density at radius 1 is 0.679 bits per heavy atom. The van der Waals surface area contributed by atoms with E-state index in [9.17, 15) is 10.2 Å². The highest BCUT2D eigenvalue weighted by Gasteiger charge is 2.10. The fraction of sp³-hybridized carbons (Fsp3) is 0.600. The summed E-state index contributed by atoms with van der Waals surface area (Å²) in [6, 6.07) is 10.5. The minimum Gasteiger partial charge on any atom is -0.394 e. The third-order valence-corrected chi connectivity index (χ3v) is 5.02. The number of aliphatic hydroxyl groups is 3. The first-order valence-electron chi connectivity index (χ1n) is 11.1. The zero-order chi connectivity index (χ0) is 20.3. The van der Waals surface area contributed by atoms with Crippen molar-refractivity contribution in [2.24, 2.45) is 0 Å². The summed E-state index contributed by atoms with van der Waals surface area (Å²) in [5.41, 5.74) is 1.29. The van der Waals surface area contributed by atoms with Crippen LogP contribution < -0.4 is 0 Å². The molecule has 0 aliphatic rings. The van der Waals surface area contributed by atoms with Crippen molar-refractivity contribution in [2.75, 3.05) is 6.61 Å². The molecule has 0 bridgehead atoms. The van der Waals surface area contributed by atoms with Gasteiger partial charge in [-0.2, -0.15) is 0 Å². The Bertz CT molecular complexity index is 510. The van der Waals surface area contributed by atoms with Gasteiger partial charge in [0.15, 0.2) is 0 Å². The third kappa shape index (κ3) is 13.7. The van der Waals surface area contributed by atoms with Crippen LogP contribution in [-0.4, -0.2) is 34.1 Å². The van der Waals surface area contributed by atoms with Crippen LogP contribution in [0.2, 0.25) is 0 Å². The number of hydrogen-bond acceptors (Lipinski definition) is 3. The molecule has 1 rings (SSSR count). The molecule has 3 nitrogen and oxygen atoms in total. The Labute approximate surface area is 171 Å². The van der Waals surface area contributed by atoms with Crippen LogP contribution in [0.25, 0.3) is 6.08 Å². The summed E-state index contributed by atoms with van der Waals surface area (Å²) in [6.45, 7) is -0.406. The third-order valence-electron chi connectivity index (χ3n) is 5.02. The van der Waals surface area contributed by atoms with E-state index in [-0.39, 0.29) is 0 Å². The number of allylic oxidation sites excluding steroid dienone is 2. The van der Waals surface area contributed by atoms with Gasteiger partial charge >= 0.3 is 0 Å². The van der Waals surface area contributed by atoms with E-state index in [0.29, 0.717) is 0 Å². The molecule has 0 aliphatic heterocycles. The van der Waals surface area contributed by atoms with E-state index in [4.69, 9.17) is 5.11 Å². The summed E-state index contributed by atoms with van der Waals surface area (Å²) < 4.78 is 0. The molecular weight excluding hydrogens is 348 g/mol. The molecule has 0 amide bonds. The maximum atomic E-state index is 9.47. The van der Waals surface area contributed by atoms with Crippen molar-refractivity contribution < 1.29 is 15.3 Å². The van der Waals surface area contributed by atoms with Crippen molar-refractivity contribution in [3.63, 3.8) is 0 Å². The van der Waals surface area contributed by atoms with E-state index in [1.165, 1.54) is 69.8 Å². The summed E-state index contributed by atoms with van der Waals surface area (Å²) in [4.78, 5) is 0. The molecule has 0 aromatic heterocycles. The van der Waals surface area contributed by atoms with Crippen molar-refractivity contribution in [1.29, 1.82) is 0 Å². The van der Waals surface area contributed by atoms with E-state index in [0.717, 1.165) is 12.8 Å². The van der Waals surface area contributed by atoms with Crippen molar-refractivity contribution in [2.45, 2.75) is 89.3 Å². The fourth-order valence-corrected chi connectivity index (χ4v) is 3.19. The summed E-state index contributed by atoms with van der Waals surface area (Å²) in [7, 11) is 0. The molecule has 0 radical (unpaired) electrons. The normalized spacial score (nSPS) is 14.1. The predicted molar refractivity (Wildman–Crippen MR) is 119 cm³/mol. The molecular formula is C25H40O3. The van der Waals surface area contributed by atoms with Crippen LogP contribution in [0.1, 0.15) is 82.6 Å². The number of aliphatic hydroxyl groups excluding tert-OH is 3. The summed E-state index contributed by atoms with van der Waals surface area (Å²) >= 11 is 0. The van der Waals surface area contributed by atoms with Crippen LogP contribution in [-0.2, 0) is 0 Å². The van der Waals surface area contributed by atoms with Gasteiger partial charge in [0.05, 0.1) is 6.61 Å². The molecule has 0 saturated heterocycles. The second-order valence-corrected chi connectivity index (χ2v) is 7.59. The van der Waals surface area contributed by atoms with Crippen LogP contribution in [0.15, 0.2) is 48.6 Å². The zero-order valence-electron chi connectivity index (χ0n) is 17.4. The molecule has 1 aromatic carbocycles. The van der Waals surface area contributed by atoms with E-state index in [1.54, 1.807) is 6.08 Å². The quantitative estimate of drug-likeness (QED) is 0.239. The van der Waals surface area contributed by atoms with Crippen LogP contribution in [0, 0.1) is 0 Å². The molecule has 2 atom stereocenters. The van der Waals surface area contributed by atoms with Gasteiger partial charge in [-0.15, -0.1) is 0 Å². The van der Waals surface area contributed by atoms with Gasteiger partial charge in [-0.1, -0.05) is 106 Å². The minimum atomic E-state index is -1.07. The number of hydrogen-bond donors (Lipinski definition) is 3. The van der Waals surface area contributed by atoms with Gasteiger partial charge in [-0.25, -0.2) is 0 Å². The maximum Gasteiger partial charge on any atom is 0.106 e. The van der Waals surface area contributed by atoms with Crippen molar-refractivity contribution in [3.05, 3.63) is 54.1 Å². The van der Waals surface area contributed by atoms with Crippen LogP contribution in [0.5, 0.6) is 0 Å². The number of unbranched alkanes of at least 4 members (excludes halogenated alkanes) is 11. The fourth-order valence-electron chi connectivity index (χ4n) is 3.19. The first-order chi connectivity index (χ1) is 13.7. The zero-order valence-corrected chi connectivity index (χ0v) is 17.4. The largest absolute Gasteiger partial charge is 0.394 e. The molecule has 0 spiro atoms. The van der Waals surface area contributed by atoms with Gasteiger partial charge in [-0.3, -0.25) is 0 Å². The maximum absolute atomic E-state index is 9.47. The van der Waals surface area contributed by atoms with Crippen LogP contribution in [0.3, 0.4) is 0 Å². The highest BCUT2D eigenvalue weighted by Crippen LogP contribution is 2.13. The van der Waals surface area contributed by atoms with E-state index < -0.39 is 18.8 Å². The molecule has 0 aliphatic carbocycles. The number of benzene rings is 1. The SMILES string of the molecule is OCC(O)C(O)C=CCCCCCCCCCCCCC=Cc1ccccc1. The molecule has 3 N–H and O–H groups in total. The Hall–Kier alpha value is -1.42. The Morgan fingerprint density at radius 2 is 1.18 bits per heavy atom. The summed E-state index contributed by atoms with van der Waals surface area (Å²) in [6.07, 6.45) is 21.0. The Morgan fingerprint density at radius 3 is 1.71 bits per heavy atom. The van der Waals surface area contributed by atoms with Crippen molar-refractivity contribution >= 4 is 6.08 Å². The molecule has 0 saturated carbocycles. The molecule has 2 unspecified atom stereocenters. The average molecular weight is 389 g/mol. The second kappa shape index (κ2) is 17.7. The van der Waals surface area contributed by atoms with E-state index >= 15 is 0 Å². The van der Waals surface area contributed by atoms with Gasteiger partial charge in [-0.05, 0) is 31.2 Å². The van der Waals surface area contributed by atoms with E-state index in [2.05, 4.69) is 42.5 Å². The van der Waals surface area contributed by atoms with Crippen LogP contribution in [0.4, 0.5) is 0 Å². The van der Waals surface area contributed by atoms with Gasteiger partial charge in [0.2, 0.25) is 0 Å². The second-order valence-electron chi connectivity index (χ2n) is 7.59. The predicted octanol–water partition coefficient (Wildman–Crippen LogP) is 5.65. The van der Waals surface area contributed by atoms with Crippen LogP contribution >= 0.6 is 0 Å². The van der Waals surface area contributed by atoms with Crippen molar-refractivity contribution in [3.8, 4) is 0 Å². The molecule has 0 heterocycles. The monoisotopic (exact) mass is 388 g/mol. The smallest absolute Gasteiger partial charge is 0.106 e. The first kappa shape index (κ1) is 24.6. The summed E-state index contributed by atoms with van der Waals surface area (Å²) in [5.74, 6) is 0. The Kier molecular flexibility index (Phi) is 15.5. The van der Waals surface area contributed by atoms with Crippen molar-refractivity contribution in [1.82, 2.24) is 0 Å². The highest BCUT2D eigenvalue weighted by molar-refractivity contribution is 5.48. The molecule has 3 heteroatoms. The lowest BCUT2D eigenvalue weighted by Crippen LogP contribution is -2.27.